The number of rotatable bonds is 4. The summed E-state index contributed by atoms with van der Waals surface area (Å²) in [6.45, 7) is 0.0464. The lowest BCUT2D eigenvalue weighted by Crippen LogP contribution is -2.45. The summed E-state index contributed by atoms with van der Waals surface area (Å²) in [4.78, 5) is 12.5. The van der Waals surface area contributed by atoms with Gasteiger partial charge in [0, 0.05) is 23.7 Å². The molecule has 5 nitrogen and oxygen atoms in total. The van der Waals surface area contributed by atoms with E-state index in [0.29, 0.717) is 22.0 Å². The number of hydrogen-bond donors (Lipinski definition) is 2. The van der Waals surface area contributed by atoms with Crippen molar-refractivity contribution in [3.63, 3.8) is 0 Å². The van der Waals surface area contributed by atoms with Crippen molar-refractivity contribution in [1.29, 1.82) is 0 Å². The molecule has 4 N–H and O–H groups in total. The molecule has 136 valence electrons. The summed E-state index contributed by atoms with van der Waals surface area (Å²) in [7, 11) is 0. The van der Waals surface area contributed by atoms with Crippen LogP contribution >= 0.6 is 22.9 Å². The lowest BCUT2D eigenvalue weighted by atomic mass is 9.95. The second kappa shape index (κ2) is 6.92. The number of nitrogens with zero attached hydrogens (tertiary/aromatic N) is 3. The standard InChI is InChI=1S/C16H13ClF3N5S/c17-11-5-9(1-2-10(11)16(18,19)20)12-6-13(25-8-24-12)15(22,7-21)14-23-3-4-26-14/h1-6,8H,7,21-22H2. The third-order valence-corrected chi connectivity index (χ3v) is 5.09. The molecule has 2 aromatic heterocycles. The van der Waals surface area contributed by atoms with Crippen molar-refractivity contribution < 1.29 is 13.2 Å². The van der Waals surface area contributed by atoms with Gasteiger partial charge in [-0.05, 0) is 18.2 Å². The van der Waals surface area contributed by atoms with E-state index in [1.165, 1.54) is 29.8 Å². The molecule has 0 saturated carbocycles. The van der Waals surface area contributed by atoms with Crippen molar-refractivity contribution in [2.75, 3.05) is 6.54 Å². The average molecular weight is 400 g/mol. The second-order valence-electron chi connectivity index (χ2n) is 5.49. The fraction of sp³-hybridized carbons (Fsp3) is 0.188. The molecular weight excluding hydrogens is 387 g/mol. The predicted octanol–water partition coefficient (Wildman–Crippen LogP) is 3.43. The molecule has 0 aliphatic heterocycles. The van der Waals surface area contributed by atoms with Crippen LogP contribution in [0.4, 0.5) is 13.2 Å². The first kappa shape index (κ1) is 18.7. The maximum atomic E-state index is 12.9. The van der Waals surface area contributed by atoms with Crippen LogP contribution in [0.2, 0.25) is 5.02 Å². The van der Waals surface area contributed by atoms with Crippen LogP contribution < -0.4 is 11.5 Å². The average Bonchev–Trinajstić information content (AvgIpc) is 3.15. The number of thiazole rings is 1. The van der Waals surface area contributed by atoms with Gasteiger partial charge in [-0.15, -0.1) is 11.3 Å². The van der Waals surface area contributed by atoms with E-state index in [2.05, 4.69) is 15.0 Å². The fourth-order valence-electron chi connectivity index (χ4n) is 2.41. The molecule has 26 heavy (non-hydrogen) atoms. The molecule has 10 heteroatoms. The topological polar surface area (TPSA) is 90.7 Å². The van der Waals surface area contributed by atoms with E-state index in [9.17, 15) is 13.2 Å². The van der Waals surface area contributed by atoms with Gasteiger partial charge in [-0.2, -0.15) is 13.2 Å². The number of alkyl halides is 3. The normalized spacial score (nSPS) is 14.2. The molecule has 1 unspecified atom stereocenters. The highest BCUT2D eigenvalue weighted by atomic mass is 35.5. The lowest BCUT2D eigenvalue weighted by molar-refractivity contribution is -0.137. The van der Waals surface area contributed by atoms with Crippen molar-refractivity contribution in [2.45, 2.75) is 11.7 Å². The molecule has 0 amide bonds. The summed E-state index contributed by atoms with van der Waals surface area (Å²) in [5.41, 5.74) is 11.4. The van der Waals surface area contributed by atoms with Crippen LogP contribution in [0.5, 0.6) is 0 Å². The first-order valence-corrected chi connectivity index (χ1v) is 8.60. The maximum absolute atomic E-state index is 12.9. The van der Waals surface area contributed by atoms with Gasteiger partial charge < -0.3 is 11.5 Å². The summed E-state index contributed by atoms with van der Waals surface area (Å²) in [5.74, 6) is 0. The number of hydrogen-bond acceptors (Lipinski definition) is 6. The Morgan fingerprint density at radius 1 is 1.12 bits per heavy atom. The number of halogens is 4. The number of benzene rings is 1. The minimum atomic E-state index is -4.52. The fourth-order valence-corrected chi connectivity index (χ4v) is 3.47. The van der Waals surface area contributed by atoms with Crippen molar-refractivity contribution in [3.8, 4) is 11.3 Å². The third-order valence-electron chi connectivity index (χ3n) is 3.83. The van der Waals surface area contributed by atoms with Gasteiger partial charge in [0.1, 0.15) is 16.9 Å². The van der Waals surface area contributed by atoms with Crippen molar-refractivity contribution in [1.82, 2.24) is 15.0 Å². The molecule has 2 heterocycles. The van der Waals surface area contributed by atoms with Gasteiger partial charge >= 0.3 is 6.18 Å². The van der Waals surface area contributed by atoms with Gasteiger partial charge in [-0.25, -0.2) is 15.0 Å². The number of aromatic nitrogens is 3. The second-order valence-corrected chi connectivity index (χ2v) is 6.80. The monoisotopic (exact) mass is 399 g/mol. The van der Waals surface area contributed by atoms with Gasteiger partial charge in [0.15, 0.2) is 0 Å². The zero-order chi connectivity index (χ0) is 18.9. The van der Waals surface area contributed by atoms with Crippen LogP contribution in [0.3, 0.4) is 0 Å². The molecular formula is C16H13ClF3N5S. The minimum absolute atomic E-state index is 0.0464. The maximum Gasteiger partial charge on any atom is 0.417 e. The molecule has 3 aromatic rings. The van der Waals surface area contributed by atoms with E-state index in [0.717, 1.165) is 6.07 Å². The van der Waals surface area contributed by atoms with E-state index >= 15 is 0 Å². The van der Waals surface area contributed by atoms with E-state index in [1.54, 1.807) is 17.6 Å². The summed E-state index contributed by atoms with van der Waals surface area (Å²) < 4.78 is 38.6. The minimum Gasteiger partial charge on any atom is -0.328 e. The van der Waals surface area contributed by atoms with E-state index in [-0.39, 0.29) is 6.54 Å². The molecule has 0 radical (unpaired) electrons. The highest BCUT2D eigenvalue weighted by Crippen LogP contribution is 2.37. The highest BCUT2D eigenvalue weighted by Gasteiger charge is 2.34. The molecule has 0 fully saturated rings. The van der Waals surface area contributed by atoms with E-state index < -0.39 is 22.3 Å². The Morgan fingerprint density at radius 2 is 1.88 bits per heavy atom. The smallest absolute Gasteiger partial charge is 0.328 e. The molecule has 3 rings (SSSR count). The first-order valence-electron chi connectivity index (χ1n) is 7.34. The van der Waals surface area contributed by atoms with Crippen LogP contribution in [0.1, 0.15) is 16.3 Å². The quantitative estimate of drug-likeness (QED) is 0.701. The molecule has 0 spiro atoms. The van der Waals surface area contributed by atoms with Crippen LogP contribution in [0, 0.1) is 0 Å². The zero-order valence-electron chi connectivity index (χ0n) is 13.2. The summed E-state index contributed by atoms with van der Waals surface area (Å²) in [6, 6.07) is 5.00. The third kappa shape index (κ3) is 3.43. The molecule has 1 atom stereocenters. The van der Waals surface area contributed by atoms with Crippen LogP contribution in [0.25, 0.3) is 11.3 Å². The van der Waals surface area contributed by atoms with E-state index in [1.807, 2.05) is 0 Å². The Bertz CT molecular complexity index is 916. The zero-order valence-corrected chi connectivity index (χ0v) is 14.7. The van der Waals surface area contributed by atoms with Gasteiger partial charge in [0.25, 0.3) is 0 Å². The Kier molecular flexibility index (Phi) is 4.98. The lowest BCUT2D eigenvalue weighted by Gasteiger charge is -2.25. The van der Waals surface area contributed by atoms with Crippen molar-refractivity contribution >= 4 is 22.9 Å². The summed E-state index contributed by atoms with van der Waals surface area (Å²) in [5, 5.41) is 1.94. The van der Waals surface area contributed by atoms with Crippen LogP contribution in [-0.4, -0.2) is 21.5 Å². The number of nitrogens with two attached hydrogens (primary N) is 2. The Balaban J connectivity index is 2.04. The van der Waals surface area contributed by atoms with Crippen LogP contribution in [0.15, 0.2) is 42.2 Å². The first-order chi connectivity index (χ1) is 12.3. The van der Waals surface area contributed by atoms with Gasteiger partial charge in [0.05, 0.1) is 22.0 Å². The van der Waals surface area contributed by atoms with E-state index in [4.69, 9.17) is 23.1 Å². The van der Waals surface area contributed by atoms with Gasteiger partial charge in [-0.1, -0.05) is 17.7 Å². The molecule has 0 bridgehead atoms. The SMILES string of the molecule is NCC(N)(c1cc(-c2ccc(C(F)(F)F)c(Cl)c2)ncn1)c1nccs1. The highest BCUT2D eigenvalue weighted by molar-refractivity contribution is 7.09. The largest absolute Gasteiger partial charge is 0.417 e. The molecule has 0 aliphatic rings. The van der Waals surface area contributed by atoms with Crippen molar-refractivity contribution in [3.05, 3.63) is 63.5 Å². The summed E-state index contributed by atoms with van der Waals surface area (Å²) >= 11 is 7.12. The Morgan fingerprint density at radius 3 is 2.46 bits per heavy atom. The van der Waals surface area contributed by atoms with Crippen LogP contribution in [-0.2, 0) is 11.7 Å². The molecule has 1 aromatic carbocycles. The Hall–Kier alpha value is -2.07. The molecule has 0 saturated heterocycles. The predicted molar refractivity (Wildman–Crippen MR) is 93.6 cm³/mol. The van der Waals surface area contributed by atoms with Gasteiger partial charge in [0.2, 0.25) is 0 Å². The molecule has 0 aliphatic carbocycles. The van der Waals surface area contributed by atoms with Gasteiger partial charge in [-0.3, -0.25) is 0 Å². The van der Waals surface area contributed by atoms with Crippen molar-refractivity contribution in [2.24, 2.45) is 11.5 Å². The summed E-state index contributed by atoms with van der Waals surface area (Å²) in [6.07, 6.45) is -1.64. The Labute approximate surface area is 155 Å².